The maximum Gasteiger partial charge on any atom is 0.254 e. The van der Waals surface area contributed by atoms with Crippen LogP contribution in [-0.4, -0.2) is 63.6 Å². The second-order valence-corrected chi connectivity index (χ2v) is 7.03. The molecular formula is C21H24N6O2. The number of benzene rings is 1. The molecule has 0 aliphatic carbocycles. The number of amides is 1. The highest BCUT2D eigenvalue weighted by Crippen LogP contribution is 2.20. The summed E-state index contributed by atoms with van der Waals surface area (Å²) in [5, 5.41) is 0. The van der Waals surface area contributed by atoms with Crippen molar-refractivity contribution in [2.75, 3.05) is 38.2 Å². The summed E-state index contributed by atoms with van der Waals surface area (Å²) >= 11 is 0. The van der Waals surface area contributed by atoms with E-state index in [1.165, 1.54) is 0 Å². The van der Waals surface area contributed by atoms with Crippen LogP contribution in [0.1, 0.15) is 21.7 Å². The topological polar surface area (TPSA) is 76.4 Å². The molecule has 2 aromatic heterocycles. The van der Waals surface area contributed by atoms with Gasteiger partial charge in [0.05, 0.1) is 12.8 Å². The second-order valence-electron chi connectivity index (χ2n) is 7.03. The number of imidazole rings is 1. The zero-order valence-corrected chi connectivity index (χ0v) is 16.9. The number of aryl methyl sites for hydroxylation is 1. The molecule has 150 valence electrons. The molecule has 1 saturated heterocycles. The van der Waals surface area contributed by atoms with Gasteiger partial charge in [-0.05, 0) is 32.0 Å². The molecule has 0 saturated carbocycles. The summed E-state index contributed by atoms with van der Waals surface area (Å²) in [5.74, 6) is 2.36. The summed E-state index contributed by atoms with van der Waals surface area (Å²) in [4.78, 5) is 30.0. The van der Waals surface area contributed by atoms with Crippen LogP contribution >= 0.6 is 0 Å². The van der Waals surface area contributed by atoms with Crippen LogP contribution in [0.15, 0.2) is 43.0 Å². The molecule has 0 radical (unpaired) electrons. The van der Waals surface area contributed by atoms with Crippen LogP contribution in [0.25, 0.3) is 5.82 Å². The Bertz CT molecular complexity index is 1020. The van der Waals surface area contributed by atoms with Gasteiger partial charge < -0.3 is 14.5 Å². The average Bonchev–Trinajstić information content (AvgIpc) is 3.12. The second kappa shape index (κ2) is 7.90. The molecule has 1 amide bonds. The van der Waals surface area contributed by atoms with Crippen molar-refractivity contribution in [2.24, 2.45) is 0 Å². The molecule has 1 aliphatic rings. The standard InChI is InChI=1S/C21H24N6O2/c1-15-16(2)27(14-24-15)20-12-19(22-13-23-20)25-7-9-26(10-8-25)21(28)17-5-4-6-18(11-17)29-3/h4-6,11-14H,7-10H2,1-3H3. The van der Waals surface area contributed by atoms with Gasteiger partial charge in [-0.1, -0.05) is 6.07 Å². The first-order valence-corrected chi connectivity index (χ1v) is 9.58. The van der Waals surface area contributed by atoms with Gasteiger partial charge in [0.2, 0.25) is 0 Å². The number of piperazine rings is 1. The molecule has 0 spiro atoms. The Morgan fingerprint density at radius 3 is 2.45 bits per heavy atom. The fourth-order valence-corrected chi connectivity index (χ4v) is 3.45. The number of carbonyl (C=O) groups excluding carboxylic acids is 1. The molecule has 29 heavy (non-hydrogen) atoms. The Morgan fingerprint density at radius 1 is 1.00 bits per heavy atom. The van der Waals surface area contributed by atoms with E-state index < -0.39 is 0 Å². The number of nitrogens with zero attached hydrogens (tertiary/aromatic N) is 6. The Labute approximate surface area is 169 Å². The van der Waals surface area contributed by atoms with E-state index in [4.69, 9.17) is 4.74 Å². The highest BCUT2D eigenvalue weighted by Gasteiger charge is 2.23. The molecule has 1 fully saturated rings. The summed E-state index contributed by atoms with van der Waals surface area (Å²) in [6, 6.07) is 9.24. The lowest BCUT2D eigenvalue weighted by Gasteiger charge is -2.35. The minimum absolute atomic E-state index is 0.0245. The van der Waals surface area contributed by atoms with Crippen molar-refractivity contribution in [2.45, 2.75) is 13.8 Å². The number of methoxy groups -OCH3 is 1. The van der Waals surface area contributed by atoms with Gasteiger partial charge >= 0.3 is 0 Å². The fourth-order valence-electron chi connectivity index (χ4n) is 3.45. The molecule has 4 rings (SSSR count). The van der Waals surface area contributed by atoms with Crippen molar-refractivity contribution in [1.29, 1.82) is 0 Å². The zero-order chi connectivity index (χ0) is 20.4. The molecular weight excluding hydrogens is 368 g/mol. The summed E-state index contributed by atoms with van der Waals surface area (Å²) < 4.78 is 7.19. The summed E-state index contributed by atoms with van der Waals surface area (Å²) in [5.41, 5.74) is 2.69. The van der Waals surface area contributed by atoms with E-state index in [2.05, 4.69) is 19.9 Å². The minimum Gasteiger partial charge on any atom is -0.497 e. The van der Waals surface area contributed by atoms with Gasteiger partial charge in [-0.25, -0.2) is 15.0 Å². The van der Waals surface area contributed by atoms with E-state index in [9.17, 15) is 4.79 Å². The van der Waals surface area contributed by atoms with E-state index in [1.807, 2.05) is 47.6 Å². The molecule has 0 unspecified atom stereocenters. The van der Waals surface area contributed by atoms with Gasteiger partial charge in [-0.2, -0.15) is 0 Å². The van der Waals surface area contributed by atoms with Crippen LogP contribution in [-0.2, 0) is 0 Å². The molecule has 3 aromatic rings. The number of carbonyl (C=O) groups is 1. The highest BCUT2D eigenvalue weighted by molar-refractivity contribution is 5.94. The predicted molar refractivity (Wildman–Crippen MR) is 110 cm³/mol. The Hall–Kier alpha value is -3.42. The van der Waals surface area contributed by atoms with Crippen LogP contribution in [0.4, 0.5) is 5.82 Å². The molecule has 8 nitrogen and oxygen atoms in total. The number of hydrogen-bond donors (Lipinski definition) is 0. The van der Waals surface area contributed by atoms with Crippen LogP contribution < -0.4 is 9.64 Å². The summed E-state index contributed by atoms with van der Waals surface area (Å²) in [6.45, 7) is 6.71. The third-order valence-corrected chi connectivity index (χ3v) is 5.34. The van der Waals surface area contributed by atoms with Gasteiger partial charge in [0.15, 0.2) is 0 Å². The molecule has 0 bridgehead atoms. The lowest BCUT2D eigenvalue weighted by atomic mass is 10.1. The highest BCUT2D eigenvalue weighted by atomic mass is 16.5. The monoisotopic (exact) mass is 392 g/mol. The zero-order valence-electron chi connectivity index (χ0n) is 16.9. The van der Waals surface area contributed by atoms with E-state index in [-0.39, 0.29) is 5.91 Å². The minimum atomic E-state index is 0.0245. The van der Waals surface area contributed by atoms with Crippen molar-refractivity contribution in [3.63, 3.8) is 0 Å². The number of aromatic nitrogens is 4. The lowest BCUT2D eigenvalue weighted by molar-refractivity contribution is 0.0746. The Balaban J connectivity index is 1.45. The SMILES string of the molecule is COc1cccc(C(=O)N2CCN(c3cc(-n4cnc(C)c4C)ncn3)CC2)c1. The molecule has 1 aromatic carbocycles. The molecule has 3 heterocycles. The van der Waals surface area contributed by atoms with Gasteiger partial charge in [0, 0.05) is 43.5 Å². The normalized spacial score (nSPS) is 14.2. The number of hydrogen-bond acceptors (Lipinski definition) is 6. The summed E-state index contributed by atoms with van der Waals surface area (Å²) in [6.07, 6.45) is 3.36. The number of rotatable bonds is 4. The Morgan fingerprint density at radius 2 is 1.76 bits per heavy atom. The molecule has 8 heteroatoms. The first-order valence-electron chi connectivity index (χ1n) is 9.58. The van der Waals surface area contributed by atoms with Gasteiger partial charge in [-0.15, -0.1) is 0 Å². The first kappa shape index (κ1) is 18.9. The smallest absolute Gasteiger partial charge is 0.254 e. The lowest BCUT2D eigenvalue weighted by Crippen LogP contribution is -2.49. The first-order chi connectivity index (χ1) is 14.1. The average molecular weight is 392 g/mol. The van der Waals surface area contributed by atoms with Gasteiger partial charge in [0.25, 0.3) is 5.91 Å². The van der Waals surface area contributed by atoms with Crippen molar-refractivity contribution in [3.8, 4) is 11.6 Å². The van der Waals surface area contributed by atoms with Crippen LogP contribution in [0.3, 0.4) is 0 Å². The molecule has 1 aliphatic heterocycles. The van der Waals surface area contributed by atoms with Crippen molar-refractivity contribution in [1.82, 2.24) is 24.4 Å². The third-order valence-electron chi connectivity index (χ3n) is 5.34. The largest absolute Gasteiger partial charge is 0.497 e. The van der Waals surface area contributed by atoms with Crippen LogP contribution in [0, 0.1) is 13.8 Å². The molecule has 0 N–H and O–H groups in total. The fraction of sp³-hybridized carbons (Fsp3) is 0.333. The molecule has 0 atom stereocenters. The van der Waals surface area contributed by atoms with Crippen LogP contribution in [0.5, 0.6) is 5.75 Å². The Kier molecular flexibility index (Phi) is 5.16. The third kappa shape index (κ3) is 3.78. The van der Waals surface area contributed by atoms with E-state index in [0.29, 0.717) is 37.5 Å². The maximum absolute atomic E-state index is 12.8. The van der Waals surface area contributed by atoms with Gasteiger partial charge in [0.1, 0.15) is 30.0 Å². The van der Waals surface area contributed by atoms with Crippen molar-refractivity contribution < 1.29 is 9.53 Å². The van der Waals surface area contributed by atoms with Crippen molar-refractivity contribution >= 4 is 11.7 Å². The van der Waals surface area contributed by atoms with E-state index in [0.717, 1.165) is 23.0 Å². The van der Waals surface area contributed by atoms with E-state index in [1.54, 1.807) is 25.8 Å². The number of ether oxygens (including phenoxy) is 1. The van der Waals surface area contributed by atoms with Crippen LogP contribution in [0.2, 0.25) is 0 Å². The maximum atomic E-state index is 12.8. The summed E-state index contributed by atoms with van der Waals surface area (Å²) in [7, 11) is 1.60. The predicted octanol–water partition coefficient (Wildman–Crippen LogP) is 2.25. The van der Waals surface area contributed by atoms with Gasteiger partial charge in [-0.3, -0.25) is 9.36 Å². The van der Waals surface area contributed by atoms with Crippen molar-refractivity contribution in [3.05, 3.63) is 59.9 Å². The van der Waals surface area contributed by atoms with E-state index >= 15 is 0 Å². The number of anilines is 1. The quantitative estimate of drug-likeness (QED) is 0.678.